The van der Waals surface area contributed by atoms with Crippen LogP contribution >= 0.6 is 0 Å². The molecule has 3 saturated carbocycles. The summed E-state index contributed by atoms with van der Waals surface area (Å²) in [5, 5.41) is 10.2. The summed E-state index contributed by atoms with van der Waals surface area (Å²) in [6.45, 7) is 14.7. The fraction of sp³-hybridized carbons (Fsp3) is 0.857. The topological polar surface area (TPSA) is 20.2 Å². The highest BCUT2D eigenvalue weighted by Gasteiger charge is 2.59. The Labute approximate surface area is 180 Å². The first-order valence-corrected chi connectivity index (χ1v) is 12.7. The van der Waals surface area contributed by atoms with Crippen molar-refractivity contribution >= 4 is 0 Å². The average Bonchev–Trinajstić information content (AvgIpc) is 3.03. The molecule has 0 spiro atoms. The molecular weight excluding hydrogens is 352 g/mol. The van der Waals surface area contributed by atoms with Crippen molar-refractivity contribution < 1.29 is 5.11 Å². The van der Waals surface area contributed by atoms with E-state index in [9.17, 15) is 5.11 Å². The SMILES string of the molecule is C/C(=C\C[C@@H](C)[C@H]1CCC2C3CC=C4C[C@@H](O)CC[C@]4(C)C3CC[C@@]21C)C(C)C. The predicted molar refractivity (Wildman–Crippen MR) is 124 cm³/mol. The van der Waals surface area contributed by atoms with Crippen molar-refractivity contribution in [3.05, 3.63) is 23.3 Å². The van der Waals surface area contributed by atoms with Crippen LogP contribution in [-0.2, 0) is 0 Å². The molecule has 0 aromatic rings. The van der Waals surface area contributed by atoms with E-state index in [0.717, 1.165) is 42.4 Å². The summed E-state index contributed by atoms with van der Waals surface area (Å²) in [5.74, 6) is 5.07. The summed E-state index contributed by atoms with van der Waals surface area (Å²) in [7, 11) is 0. The second-order valence-electron chi connectivity index (χ2n) is 12.2. The Hall–Kier alpha value is -0.560. The van der Waals surface area contributed by atoms with E-state index in [-0.39, 0.29) is 6.10 Å². The fourth-order valence-corrected chi connectivity index (χ4v) is 8.39. The van der Waals surface area contributed by atoms with Gasteiger partial charge in [-0.25, -0.2) is 0 Å². The van der Waals surface area contributed by atoms with Crippen molar-refractivity contribution in [1.82, 2.24) is 0 Å². The van der Waals surface area contributed by atoms with E-state index in [4.69, 9.17) is 0 Å². The molecule has 0 radical (unpaired) electrons. The molecule has 3 fully saturated rings. The summed E-state index contributed by atoms with van der Waals surface area (Å²) in [4.78, 5) is 0. The van der Waals surface area contributed by atoms with Crippen molar-refractivity contribution in [3.63, 3.8) is 0 Å². The summed E-state index contributed by atoms with van der Waals surface area (Å²) < 4.78 is 0. The van der Waals surface area contributed by atoms with Crippen LogP contribution in [0.4, 0.5) is 0 Å². The lowest BCUT2D eigenvalue weighted by molar-refractivity contribution is -0.0565. The number of fused-ring (bicyclic) bond motifs is 5. The van der Waals surface area contributed by atoms with Gasteiger partial charge < -0.3 is 5.11 Å². The molecule has 0 aromatic carbocycles. The molecule has 4 rings (SSSR count). The lowest BCUT2D eigenvalue weighted by Gasteiger charge is -2.58. The van der Waals surface area contributed by atoms with Gasteiger partial charge in [0.15, 0.2) is 0 Å². The molecule has 164 valence electrons. The quantitative estimate of drug-likeness (QED) is 0.484. The number of aliphatic hydroxyl groups excluding tert-OH is 1. The molecule has 0 aliphatic heterocycles. The largest absolute Gasteiger partial charge is 0.393 e. The zero-order chi connectivity index (χ0) is 21.0. The zero-order valence-corrected chi connectivity index (χ0v) is 20.0. The van der Waals surface area contributed by atoms with Crippen LogP contribution in [0.5, 0.6) is 0 Å². The van der Waals surface area contributed by atoms with Crippen molar-refractivity contribution in [3.8, 4) is 0 Å². The first-order valence-electron chi connectivity index (χ1n) is 12.7. The molecule has 1 N–H and O–H groups in total. The van der Waals surface area contributed by atoms with E-state index in [0.29, 0.717) is 16.7 Å². The van der Waals surface area contributed by atoms with Crippen molar-refractivity contribution in [2.45, 2.75) is 105 Å². The van der Waals surface area contributed by atoms with Gasteiger partial charge in [-0.1, -0.05) is 57.9 Å². The Bertz CT molecular complexity index is 672. The zero-order valence-electron chi connectivity index (χ0n) is 20.0. The lowest BCUT2D eigenvalue weighted by atomic mass is 9.47. The van der Waals surface area contributed by atoms with Crippen LogP contribution < -0.4 is 0 Å². The van der Waals surface area contributed by atoms with Gasteiger partial charge in [0, 0.05) is 0 Å². The van der Waals surface area contributed by atoms with Gasteiger partial charge in [0.25, 0.3) is 0 Å². The minimum Gasteiger partial charge on any atom is -0.393 e. The standard InChI is InChI=1S/C28H46O/c1-18(2)19(3)7-8-20(4)24-11-12-25-23-10-9-21-17-22(29)13-15-27(21,5)26(23)14-16-28(24,25)6/h7,9,18,20,22-26,29H,8,10-17H2,1-6H3/b19-7+/t20-,22+,23?,24-,25?,26?,27+,28-/m1/s1. The number of hydrogen-bond donors (Lipinski definition) is 1. The molecule has 0 saturated heterocycles. The first-order chi connectivity index (χ1) is 13.7. The predicted octanol–water partition coefficient (Wildman–Crippen LogP) is 7.55. The van der Waals surface area contributed by atoms with Gasteiger partial charge in [0.05, 0.1) is 6.10 Å². The molecule has 8 atom stereocenters. The molecule has 0 heterocycles. The Morgan fingerprint density at radius 2 is 1.86 bits per heavy atom. The maximum Gasteiger partial charge on any atom is 0.0577 e. The maximum atomic E-state index is 10.2. The molecule has 4 aliphatic carbocycles. The van der Waals surface area contributed by atoms with E-state index < -0.39 is 0 Å². The molecule has 4 aliphatic rings. The highest BCUT2D eigenvalue weighted by molar-refractivity contribution is 5.25. The van der Waals surface area contributed by atoms with Crippen LogP contribution in [0.25, 0.3) is 0 Å². The average molecular weight is 399 g/mol. The normalized spacial score (nSPS) is 46.0. The van der Waals surface area contributed by atoms with E-state index in [1.165, 1.54) is 44.9 Å². The number of allylic oxidation sites excluding steroid dienone is 3. The van der Waals surface area contributed by atoms with E-state index in [1.54, 1.807) is 11.1 Å². The Morgan fingerprint density at radius 3 is 2.59 bits per heavy atom. The van der Waals surface area contributed by atoms with Crippen molar-refractivity contribution in [1.29, 1.82) is 0 Å². The van der Waals surface area contributed by atoms with Crippen LogP contribution in [-0.4, -0.2) is 11.2 Å². The first kappa shape index (κ1) is 21.7. The van der Waals surface area contributed by atoms with E-state index in [1.807, 2.05) is 0 Å². The Morgan fingerprint density at radius 1 is 1.10 bits per heavy atom. The van der Waals surface area contributed by atoms with Crippen LogP contribution in [0.15, 0.2) is 23.3 Å². The second kappa shape index (κ2) is 7.85. The van der Waals surface area contributed by atoms with Gasteiger partial charge in [-0.2, -0.15) is 0 Å². The molecule has 0 aromatic heterocycles. The monoisotopic (exact) mass is 398 g/mol. The summed E-state index contributed by atoms with van der Waals surface area (Å²) in [6.07, 6.45) is 16.5. The molecule has 1 nitrogen and oxygen atoms in total. The third-order valence-corrected chi connectivity index (χ3v) is 10.6. The molecule has 0 bridgehead atoms. The van der Waals surface area contributed by atoms with Crippen LogP contribution in [0, 0.1) is 46.3 Å². The van der Waals surface area contributed by atoms with Gasteiger partial charge in [-0.15, -0.1) is 0 Å². The summed E-state index contributed by atoms with van der Waals surface area (Å²) >= 11 is 0. The molecule has 1 heteroatoms. The number of rotatable bonds is 4. The number of hydrogen-bond acceptors (Lipinski definition) is 1. The minimum absolute atomic E-state index is 0.0845. The minimum atomic E-state index is -0.0845. The van der Waals surface area contributed by atoms with Gasteiger partial charge in [0.1, 0.15) is 0 Å². The highest BCUT2D eigenvalue weighted by Crippen LogP contribution is 2.67. The highest BCUT2D eigenvalue weighted by atomic mass is 16.3. The Balaban J connectivity index is 1.52. The van der Waals surface area contributed by atoms with Gasteiger partial charge in [-0.3, -0.25) is 0 Å². The Kier molecular flexibility index (Phi) is 5.86. The van der Waals surface area contributed by atoms with Crippen molar-refractivity contribution in [2.24, 2.45) is 46.3 Å². The van der Waals surface area contributed by atoms with Gasteiger partial charge in [0.2, 0.25) is 0 Å². The second-order valence-corrected chi connectivity index (χ2v) is 12.2. The summed E-state index contributed by atoms with van der Waals surface area (Å²) in [5.41, 5.74) is 4.11. The smallest absolute Gasteiger partial charge is 0.0577 e. The van der Waals surface area contributed by atoms with Gasteiger partial charge in [-0.05, 0) is 111 Å². The van der Waals surface area contributed by atoms with Gasteiger partial charge >= 0.3 is 0 Å². The maximum absolute atomic E-state index is 10.2. The van der Waals surface area contributed by atoms with Crippen molar-refractivity contribution in [2.75, 3.05) is 0 Å². The van der Waals surface area contributed by atoms with E-state index in [2.05, 4.69) is 53.7 Å². The van der Waals surface area contributed by atoms with Crippen LogP contribution in [0.2, 0.25) is 0 Å². The number of aliphatic hydroxyl groups is 1. The third kappa shape index (κ3) is 3.58. The summed E-state index contributed by atoms with van der Waals surface area (Å²) in [6, 6.07) is 0. The molecule has 3 unspecified atom stereocenters. The van der Waals surface area contributed by atoms with Crippen LogP contribution in [0.3, 0.4) is 0 Å². The molecule has 0 amide bonds. The molecule has 29 heavy (non-hydrogen) atoms. The third-order valence-electron chi connectivity index (χ3n) is 10.6. The van der Waals surface area contributed by atoms with E-state index >= 15 is 0 Å². The lowest BCUT2D eigenvalue weighted by Crippen LogP contribution is -2.50. The fourth-order valence-electron chi connectivity index (χ4n) is 8.39. The molecular formula is C28H46O. The van der Waals surface area contributed by atoms with Crippen LogP contribution in [0.1, 0.15) is 99.3 Å².